The quantitative estimate of drug-likeness (QED) is 0.836. The molecule has 1 aliphatic heterocycles. The second kappa shape index (κ2) is 6.33. The monoisotopic (exact) mass is 281 g/mol. The summed E-state index contributed by atoms with van der Waals surface area (Å²) in [5.74, 6) is 0.457. The van der Waals surface area contributed by atoms with Crippen molar-refractivity contribution in [3.05, 3.63) is 0 Å². The first-order chi connectivity index (χ1) is 9.68. The highest BCUT2D eigenvalue weighted by atomic mass is 16.3. The average molecular weight is 281 g/mol. The normalized spacial score (nSPS) is 39.0. The van der Waals surface area contributed by atoms with Gasteiger partial charge in [-0.1, -0.05) is 32.1 Å². The van der Waals surface area contributed by atoms with Crippen LogP contribution in [-0.4, -0.2) is 45.9 Å². The van der Waals surface area contributed by atoms with Crippen molar-refractivity contribution in [3.63, 3.8) is 0 Å². The number of hydrogen-bond acceptors (Lipinski definition) is 3. The highest BCUT2D eigenvalue weighted by Gasteiger charge is 2.40. The van der Waals surface area contributed by atoms with Crippen LogP contribution in [0.25, 0.3) is 0 Å². The van der Waals surface area contributed by atoms with Crippen LogP contribution in [0.15, 0.2) is 0 Å². The number of aliphatic hydroxyl groups excluding tert-OH is 1. The number of nitrogens with zero attached hydrogens (tertiary/aromatic N) is 1. The van der Waals surface area contributed by atoms with Crippen molar-refractivity contribution in [2.45, 2.75) is 88.4 Å². The molecule has 3 heteroatoms. The fourth-order valence-electron chi connectivity index (χ4n) is 4.87. The third-order valence-electron chi connectivity index (χ3n) is 5.97. The molecule has 1 heterocycles. The number of likely N-dealkylation sites (tertiary alicyclic amines) is 1. The van der Waals surface area contributed by atoms with Crippen LogP contribution in [0.2, 0.25) is 0 Å². The molecule has 0 spiro atoms. The molecule has 3 unspecified atom stereocenters. The number of aliphatic hydroxyl groups is 2. The van der Waals surface area contributed by atoms with E-state index in [1.807, 2.05) is 0 Å². The fourth-order valence-corrected chi connectivity index (χ4v) is 4.87. The molecule has 116 valence electrons. The Bertz CT molecular complexity index is 314. The summed E-state index contributed by atoms with van der Waals surface area (Å²) in [6, 6.07) is 0.524. The first-order valence-electron chi connectivity index (χ1n) is 8.82. The van der Waals surface area contributed by atoms with Crippen LogP contribution in [0.1, 0.15) is 70.6 Å². The molecule has 0 aromatic rings. The Morgan fingerprint density at radius 1 is 0.900 bits per heavy atom. The molecule has 2 saturated carbocycles. The van der Waals surface area contributed by atoms with Crippen molar-refractivity contribution in [2.24, 2.45) is 5.92 Å². The molecule has 3 nitrogen and oxygen atoms in total. The summed E-state index contributed by atoms with van der Waals surface area (Å²) in [7, 11) is 0. The van der Waals surface area contributed by atoms with Gasteiger partial charge in [0.25, 0.3) is 0 Å². The zero-order valence-electron chi connectivity index (χ0n) is 12.8. The largest absolute Gasteiger partial charge is 0.393 e. The number of rotatable bonds is 3. The van der Waals surface area contributed by atoms with Crippen molar-refractivity contribution in [2.75, 3.05) is 13.1 Å². The highest BCUT2D eigenvalue weighted by molar-refractivity contribution is 4.94. The maximum Gasteiger partial charge on any atom is 0.0774 e. The Balaban J connectivity index is 1.62. The first-order valence-corrected chi connectivity index (χ1v) is 8.82. The summed E-state index contributed by atoms with van der Waals surface area (Å²) in [5.41, 5.74) is -0.444. The third-order valence-corrected chi connectivity index (χ3v) is 5.97. The van der Waals surface area contributed by atoms with E-state index in [4.69, 9.17) is 0 Å². The van der Waals surface area contributed by atoms with Crippen LogP contribution in [-0.2, 0) is 0 Å². The van der Waals surface area contributed by atoms with Crippen LogP contribution < -0.4 is 0 Å². The van der Waals surface area contributed by atoms with Crippen molar-refractivity contribution in [1.29, 1.82) is 0 Å². The SMILES string of the molecule is OC1CCCCC1C1CCCN1CC1(O)CCCCC1. The summed E-state index contributed by atoms with van der Waals surface area (Å²) in [6.45, 7) is 1.97. The Labute approximate surface area is 123 Å². The van der Waals surface area contributed by atoms with Crippen molar-refractivity contribution in [1.82, 2.24) is 4.90 Å². The van der Waals surface area contributed by atoms with E-state index < -0.39 is 5.60 Å². The van der Waals surface area contributed by atoms with Crippen LogP contribution in [0.5, 0.6) is 0 Å². The summed E-state index contributed by atoms with van der Waals surface area (Å²) >= 11 is 0. The Hall–Kier alpha value is -0.120. The minimum Gasteiger partial charge on any atom is -0.393 e. The van der Waals surface area contributed by atoms with Gasteiger partial charge in [0.05, 0.1) is 11.7 Å². The fraction of sp³-hybridized carbons (Fsp3) is 1.00. The molecule has 20 heavy (non-hydrogen) atoms. The third kappa shape index (κ3) is 3.20. The Morgan fingerprint density at radius 3 is 2.40 bits per heavy atom. The molecule has 0 aromatic carbocycles. The smallest absolute Gasteiger partial charge is 0.0774 e. The second-order valence-corrected chi connectivity index (χ2v) is 7.48. The lowest BCUT2D eigenvalue weighted by Gasteiger charge is -2.42. The van der Waals surface area contributed by atoms with Gasteiger partial charge in [-0.25, -0.2) is 0 Å². The summed E-state index contributed by atoms with van der Waals surface area (Å²) in [5, 5.41) is 21.1. The molecule has 0 amide bonds. The van der Waals surface area contributed by atoms with Crippen molar-refractivity contribution in [3.8, 4) is 0 Å². The van der Waals surface area contributed by atoms with E-state index in [1.54, 1.807) is 0 Å². The maximum atomic E-state index is 10.8. The van der Waals surface area contributed by atoms with Gasteiger partial charge in [-0.15, -0.1) is 0 Å². The van der Waals surface area contributed by atoms with Crippen LogP contribution >= 0.6 is 0 Å². The molecule has 2 aliphatic carbocycles. The molecule has 0 aromatic heterocycles. The zero-order valence-corrected chi connectivity index (χ0v) is 12.8. The molecule has 3 fully saturated rings. The predicted molar refractivity (Wildman–Crippen MR) is 80.6 cm³/mol. The number of hydrogen-bond donors (Lipinski definition) is 2. The molecular weight excluding hydrogens is 250 g/mol. The van der Waals surface area contributed by atoms with Crippen molar-refractivity contribution < 1.29 is 10.2 Å². The summed E-state index contributed by atoms with van der Waals surface area (Å²) < 4.78 is 0. The van der Waals surface area contributed by atoms with Gasteiger partial charge in [-0.3, -0.25) is 4.90 Å². The number of β-amino-alcohol motifs (C(OH)–C–C–N with tert-alkyl or cyclic N) is 1. The molecule has 2 N–H and O–H groups in total. The molecule has 3 rings (SSSR count). The van der Waals surface area contributed by atoms with Crippen LogP contribution in [0, 0.1) is 5.92 Å². The van der Waals surface area contributed by atoms with Gasteiger partial charge in [0.1, 0.15) is 0 Å². The van der Waals surface area contributed by atoms with E-state index >= 15 is 0 Å². The van der Waals surface area contributed by atoms with E-state index in [1.165, 1.54) is 51.4 Å². The highest BCUT2D eigenvalue weighted by Crippen LogP contribution is 2.37. The first kappa shape index (κ1) is 14.8. The topological polar surface area (TPSA) is 43.7 Å². The van der Waals surface area contributed by atoms with Crippen LogP contribution in [0.4, 0.5) is 0 Å². The second-order valence-electron chi connectivity index (χ2n) is 7.48. The van der Waals surface area contributed by atoms with Gasteiger partial charge >= 0.3 is 0 Å². The minimum atomic E-state index is -0.444. The average Bonchev–Trinajstić information content (AvgIpc) is 2.87. The summed E-state index contributed by atoms with van der Waals surface area (Å²) in [6.07, 6.45) is 12.6. The lowest BCUT2D eigenvalue weighted by atomic mass is 9.79. The molecular formula is C17H31NO2. The molecule has 1 saturated heterocycles. The lowest BCUT2D eigenvalue weighted by Crippen LogP contribution is -2.50. The maximum absolute atomic E-state index is 10.8. The van der Waals surface area contributed by atoms with Gasteiger partial charge in [-0.05, 0) is 45.1 Å². The lowest BCUT2D eigenvalue weighted by molar-refractivity contribution is -0.0472. The van der Waals surface area contributed by atoms with Crippen molar-refractivity contribution >= 4 is 0 Å². The van der Waals surface area contributed by atoms with Gasteiger partial charge in [-0.2, -0.15) is 0 Å². The predicted octanol–water partition coefficient (Wildman–Crippen LogP) is 2.70. The molecule has 3 atom stereocenters. The van der Waals surface area contributed by atoms with E-state index in [-0.39, 0.29) is 6.10 Å². The Morgan fingerprint density at radius 2 is 1.65 bits per heavy atom. The van der Waals surface area contributed by atoms with Gasteiger partial charge in [0.2, 0.25) is 0 Å². The van der Waals surface area contributed by atoms with Gasteiger partial charge in [0, 0.05) is 18.5 Å². The van der Waals surface area contributed by atoms with E-state index in [2.05, 4.69) is 4.90 Å². The molecule has 3 aliphatic rings. The zero-order chi connectivity index (χ0) is 14.0. The molecule has 0 radical (unpaired) electrons. The van der Waals surface area contributed by atoms with E-state index in [9.17, 15) is 10.2 Å². The summed E-state index contributed by atoms with van der Waals surface area (Å²) in [4.78, 5) is 2.52. The minimum absolute atomic E-state index is 0.102. The molecule has 0 bridgehead atoms. The standard InChI is InChI=1S/C17H31NO2/c19-16-9-3-2-7-14(16)15-8-6-12-18(15)13-17(20)10-4-1-5-11-17/h14-16,19-20H,1-13H2. The van der Waals surface area contributed by atoms with E-state index in [0.717, 1.165) is 32.4 Å². The van der Waals surface area contributed by atoms with Gasteiger partial charge < -0.3 is 10.2 Å². The Kier molecular flexibility index (Phi) is 4.68. The van der Waals surface area contributed by atoms with Crippen LogP contribution in [0.3, 0.4) is 0 Å². The van der Waals surface area contributed by atoms with Gasteiger partial charge in [0.15, 0.2) is 0 Å². The van der Waals surface area contributed by atoms with E-state index in [0.29, 0.717) is 12.0 Å².